The van der Waals surface area contributed by atoms with Gasteiger partial charge < -0.3 is 11.1 Å². The number of likely N-dealkylation sites (tertiary alicyclic amines) is 1. The zero-order valence-electron chi connectivity index (χ0n) is 14.3. The van der Waals surface area contributed by atoms with Crippen molar-refractivity contribution in [1.29, 1.82) is 0 Å². The number of nitrogens with two attached hydrogens (primary N) is 1. The molecule has 0 saturated carbocycles. The van der Waals surface area contributed by atoms with E-state index in [9.17, 15) is 4.79 Å². The van der Waals surface area contributed by atoms with E-state index in [0.29, 0.717) is 25.0 Å². The van der Waals surface area contributed by atoms with E-state index in [0.717, 1.165) is 25.1 Å². The largest absolute Gasteiger partial charge is 0.330 e. The van der Waals surface area contributed by atoms with Gasteiger partial charge in [0.05, 0.1) is 6.54 Å². The van der Waals surface area contributed by atoms with Crippen LogP contribution in [0.5, 0.6) is 0 Å². The summed E-state index contributed by atoms with van der Waals surface area (Å²) in [5.74, 6) is 0.540. The minimum Gasteiger partial charge on any atom is -0.330 e. The van der Waals surface area contributed by atoms with Crippen LogP contribution in [0.15, 0.2) is 24.3 Å². The Morgan fingerprint density at radius 2 is 2.17 bits per heavy atom. The van der Waals surface area contributed by atoms with Gasteiger partial charge in [0, 0.05) is 11.7 Å². The number of hydrogen-bond donors (Lipinski definition) is 2. The highest BCUT2D eigenvalue weighted by Crippen LogP contribution is 2.20. The van der Waals surface area contributed by atoms with Crippen molar-refractivity contribution in [1.82, 2.24) is 4.90 Å². The maximum absolute atomic E-state index is 12.3. The molecule has 0 aliphatic carbocycles. The summed E-state index contributed by atoms with van der Waals surface area (Å²) < 4.78 is 0. The van der Waals surface area contributed by atoms with Gasteiger partial charge in [-0.15, -0.1) is 12.4 Å². The van der Waals surface area contributed by atoms with E-state index in [-0.39, 0.29) is 18.3 Å². The summed E-state index contributed by atoms with van der Waals surface area (Å²) in [6, 6.07) is 8.59. The van der Waals surface area contributed by atoms with Gasteiger partial charge in [-0.25, -0.2) is 0 Å². The quantitative estimate of drug-likeness (QED) is 0.835. The summed E-state index contributed by atoms with van der Waals surface area (Å²) in [6.07, 6.45) is 4.57. The van der Waals surface area contributed by atoms with Crippen molar-refractivity contribution < 1.29 is 4.79 Å². The van der Waals surface area contributed by atoms with Gasteiger partial charge in [0.1, 0.15) is 0 Å². The van der Waals surface area contributed by atoms with E-state index in [1.807, 2.05) is 12.1 Å². The molecule has 130 valence electrons. The number of piperidine rings is 1. The molecule has 1 saturated heterocycles. The lowest BCUT2D eigenvalue weighted by Crippen LogP contribution is -2.44. The molecule has 23 heavy (non-hydrogen) atoms. The molecule has 0 spiro atoms. The number of benzene rings is 1. The number of rotatable bonds is 6. The molecular formula is C18H30ClN3O. The Bertz CT molecular complexity index is 491. The zero-order chi connectivity index (χ0) is 15.9. The van der Waals surface area contributed by atoms with Gasteiger partial charge in [-0.3, -0.25) is 9.69 Å². The Labute approximate surface area is 146 Å². The molecule has 4 nitrogen and oxygen atoms in total. The van der Waals surface area contributed by atoms with Crippen LogP contribution in [0.3, 0.4) is 0 Å². The molecule has 5 heteroatoms. The van der Waals surface area contributed by atoms with Crippen LogP contribution in [0.1, 0.15) is 51.0 Å². The second-order valence-corrected chi connectivity index (χ2v) is 6.53. The highest BCUT2D eigenvalue weighted by Gasteiger charge is 2.23. The predicted octanol–water partition coefficient (Wildman–Crippen LogP) is 3.37. The van der Waals surface area contributed by atoms with Gasteiger partial charge in [0.15, 0.2) is 0 Å². The van der Waals surface area contributed by atoms with Crippen LogP contribution in [-0.4, -0.2) is 36.5 Å². The number of hydrogen-bond acceptors (Lipinski definition) is 3. The SMILES string of the molecule is CC(C)c1cccc(NC(=O)CN2CCCCC2CCN)c1.Cl. The van der Waals surface area contributed by atoms with E-state index in [1.54, 1.807) is 0 Å². The minimum atomic E-state index is 0. The van der Waals surface area contributed by atoms with Crippen molar-refractivity contribution in [3.8, 4) is 0 Å². The van der Waals surface area contributed by atoms with Gasteiger partial charge in [0.25, 0.3) is 0 Å². The van der Waals surface area contributed by atoms with Gasteiger partial charge >= 0.3 is 0 Å². The highest BCUT2D eigenvalue weighted by atomic mass is 35.5. The Morgan fingerprint density at radius 1 is 1.39 bits per heavy atom. The third kappa shape index (κ3) is 6.13. The van der Waals surface area contributed by atoms with Gasteiger partial charge in [-0.1, -0.05) is 32.4 Å². The van der Waals surface area contributed by atoms with Crippen LogP contribution in [-0.2, 0) is 4.79 Å². The lowest BCUT2D eigenvalue weighted by molar-refractivity contribution is -0.118. The monoisotopic (exact) mass is 339 g/mol. The molecule has 1 aliphatic rings. The summed E-state index contributed by atoms with van der Waals surface area (Å²) in [4.78, 5) is 14.6. The standard InChI is InChI=1S/C18H29N3O.ClH/c1-14(2)15-6-5-7-16(12-15)20-18(22)13-21-11-4-3-8-17(21)9-10-19;/h5-7,12,14,17H,3-4,8-11,13,19H2,1-2H3,(H,20,22);1H. The fourth-order valence-corrected chi connectivity index (χ4v) is 3.15. The molecule has 3 N–H and O–H groups in total. The highest BCUT2D eigenvalue weighted by molar-refractivity contribution is 5.92. The second kappa shape index (κ2) is 9.91. The first-order valence-corrected chi connectivity index (χ1v) is 8.44. The minimum absolute atomic E-state index is 0. The van der Waals surface area contributed by atoms with Crippen molar-refractivity contribution in [2.24, 2.45) is 5.73 Å². The third-order valence-electron chi connectivity index (χ3n) is 4.43. The van der Waals surface area contributed by atoms with E-state index >= 15 is 0 Å². The smallest absolute Gasteiger partial charge is 0.238 e. The van der Waals surface area contributed by atoms with Crippen LogP contribution < -0.4 is 11.1 Å². The zero-order valence-corrected chi connectivity index (χ0v) is 15.1. The molecule has 1 atom stereocenters. The van der Waals surface area contributed by atoms with Crippen LogP contribution >= 0.6 is 12.4 Å². The summed E-state index contributed by atoms with van der Waals surface area (Å²) in [5, 5.41) is 3.04. The summed E-state index contributed by atoms with van der Waals surface area (Å²) in [6.45, 7) is 6.48. The number of carbonyl (C=O) groups excluding carboxylic acids is 1. The average Bonchev–Trinajstić information content (AvgIpc) is 2.49. The third-order valence-corrected chi connectivity index (χ3v) is 4.43. The molecule has 0 radical (unpaired) electrons. The molecule has 0 bridgehead atoms. The van der Waals surface area contributed by atoms with Crippen molar-refractivity contribution in [3.63, 3.8) is 0 Å². The molecule has 1 fully saturated rings. The lowest BCUT2D eigenvalue weighted by Gasteiger charge is -2.35. The topological polar surface area (TPSA) is 58.4 Å². The molecule has 1 aromatic carbocycles. The molecule has 1 heterocycles. The molecule has 1 unspecified atom stereocenters. The number of amides is 1. The van der Waals surface area contributed by atoms with Crippen molar-refractivity contribution >= 4 is 24.0 Å². The average molecular weight is 340 g/mol. The second-order valence-electron chi connectivity index (χ2n) is 6.53. The fraction of sp³-hybridized carbons (Fsp3) is 0.611. The van der Waals surface area contributed by atoms with Crippen molar-refractivity contribution in [2.75, 3.05) is 25.0 Å². The van der Waals surface area contributed by atoms with E-state index in [2.05, 4.69) is 36.2 Å². The van der Waals surface area contributed by atoms with Crippen LogP contribution in [0.4, 0.5) is 5.69 Å². The molecule has 1 amide bonds. The predicted molar refractivity (Wildman–Crippen MR) is 99.3 cm³/mol. The Kier molecular flexibility index (Phi) is 8.59. The van der Waals surface area contributed by atoms with Gasteiger partial charge in [0.2, 0.25) is 5.91 Å². The van der Waals surface area contributed by atoms with E-state index in [4.69, 9.17) is 5.73 Å². The Hall–Kier alpha value is -1.10. The number of halogens is 1. The maximum atomic E-state index is 12.3. The Morgan fingerprint density at radius 3 is 2.87 bits per heavy atom. The van der Waals surface area contributed by atoms with Gasteiger partial charge in [-0.2, -0.15) is 0 Å². The summed E-state index contributed by atoms with van der Waals surface area (Å²) in [5.41, 5.74) is 7.83. The lowest BCUT2D eigenvalue weighted by atomic mass is 9.99. The first-order chi connectivity index (χ1) is 10.6. The Balaban J connectivity index is 0.00000264. The van der Waals surface area contributed by atoms with E-state index < -0.39 is 0 Å². The number of nitrogens with one attached hydrogen (secondary N) is 1. The van der Waals surface area contributed by atoms with Crippen LogP contribution in [0.2, 0.25) is 0 Å². The number of nitrogens with zero attached hydrogens (tertiary/aromatic N) is 1. The van der Waals surface area contributed by atoms with Crippen molar-refractivity contribution in [3.05, 3.63) is 29.8 Å². The van der Waals surface area contributed by atoms with Crippen molar-refractivity contribution in [2.45, 2.75) is 51.5 Å². The van der Waals surface area contributed by atoms with Gasteiger partial charge in [-0.05, 0) is 56.0 Å². The molecular weight excluding hydrogens is 310 g/mol. The number of anilines is 1. The molecule has 0 aromatic heterocycles. The molecule has 1 aliphatic heterocycles. The van der Waals surface area contributed by atoms with E-state index in [1.165, 1.54) is 18.4 Å². The first-order valence-electron chi connectivity index (χ1n) is 8.44. The number of carbonyl (C=O) groups is 1. The van der Waals surface area contributed by atoms with Crippen LogP contribution in [0, 0.1) is 0 Å². The molecule has 2 rings (SSSR count). The first kappa shape index (κ1) is 19.9. The maximum Gasteiger partial charge on any atom is 0.238 e. The summed E-state index contributed by atoms with van der Waals surface area (Å²) >= 11 is 0. The fourth-order valence-electron chi connectivity index (χ4n) is 3.15. The summed E-state index contributed by atoms with van der Waals surface area (Å²) in [7, 11) is 0. The molecule has 1 aromatic rings. The van der Waals surface area contributed by atoms with Crippen LogP contribution in [0.25, 0.3) is 0 Å². The normalized spacial score (nSPS) is 18.5.